The second-order valence-corrected chi connectivity index (χ2v) is 7.06. The van der Waals surface area contributed by atoms with Crippen molar-refractivity contribution < 1.29 is 14.6 Å². The largest absolute Gasteiger partial charge is 0.481 e. The van der Waals surface area contributed by atoms with E-state index in [4.69, 9.17) is 4.74 Å². The number of carboxylic acids is 1. The molecule has 0 saturated carbocycles. The summed E-state index contributed by atoms with van der Waals surface area (Å²) >= 11 is 0. The number of rotatable bonds is 5. The molecule has 0 aliphatic carbocycles. The molecule has 4 nitrogen and oxygen atoms in total. The van der Waals surface area contributed by atoms with Gasteiger partial charge < -0.3 is 14.7 Å². The number of anilines is 1. The van der Waals surface area contributed by atoms with E-state index in [1.165, 1.54) is 0 Å². The number of hydrogen-bond donors (Lipinski definition) is 1. The van der Waals surface area contributed by atoms with Crippen LogP contribution in [0, 0.1) is 5.41 Å². The summed E-state index contributed by atoms with van der Waals surface area (Å²) in [5.74, 6) is -0.997. The van der Waals surface area contributed by atoms with E-state index in [9.17, 15) is 9.90 Å². The van der Waals surface area contributed by atoms with E-state index in [1.807, 2.05) is 30.3 Å². The summed E-state index contributed by atoms with van der Waals surface area (Å²) in [4.78, 5) is 14.2. The lowest BCUT2D eigenvalue weighted by Gasteiger charge is -2.32. The van der Waals surface area contributed by atoms with Crippen LogP contribution in [-0.4, -0.2) is 37.4 Å². The molecule has 25 heavy (non-hydrogen) atoms. The van der Waals surface area contributed by atoms with Crippen LogP contribution in [0.1, 0.15) is 30.9 Å². The normalized spacial score (nSPS) is 16.5. The Hall–Kier alpha value is -2.33. The topological polar surface area (TPSA) is 49.8 Å². The van der Waals surface area contributed by atoms with E-state index >= 15 is 0 Å². The quantitative estimate of drug-likeness (QED) is 0.901. The molecule has 0 spiro atoms. The fraction of sp³-hybridized carbons (Fsp3) is 0.381. The van der Waals surface area contributed by atoms with E-state index in [0.29, 0.717) is 0 Å². The molecule has 0 unspecified atom stereocenters. The zero-order chi connectivity index (χ0) is 17.9. The molecule has 0 bridgehead atoms. The summed E-state index contributed by atoms with van der Waals surface area (Å²) in [5, 5.41) is 9.77. The first kappa shape index (κ1) is 17.5. The van der Waals surface area contributed by atoms with Crippen molar-refractivity contribution in [1.82, 2.24) is 0 Å². The highest BCUT2D eigenvalue weighted by Gasteiger charge is 2.38. The molecule has 0 amide bonds. The zero-order valence-electron chi connectivity index (χ0n) is 14.8. The van der Waals surface area contributed by atoms with Crippen LogP contribution in [0.5, 0.6) is 0 Å². The van der Waals surface area contributed by atoms with Crippen LogP contribution in [0.25, 0.3) is 0 Å². The minimum Gasteiger partial charge on any atom is -0.481 e. The molecule has 132 valence electrons. The van der Waals surface area contributed by atoms with Crippen molar-refractivity contribution in [3.63, 3.8) is 0 Å². The molecule has 1 heterocycles. The van der Waals surface area contributed by atoms with Gasteiger partial charge in [0, 0.05) is 24.7 Å². The predicted molar refractivity (Wildman–Crippen MR) is 99.2 cm³/mol. The lowest BCUT2D eigenvalue weighted by Crippen LogP contribution is -2.36. The highest BCUT2D eigenvalue weighted by Crippen LogP contribution is 2.41. The van der Waals surface area contributed by atoms with Crippen LogP contribution in [0.3, 0.4) is 0 Å². The molecule has 1 aliphatic heterocycles. The van der Waals surface area contributed by atoms with Gasteiger partial charge in [-0.3, -0.25) is 4.79 Å². The lowest BCUT2D eigenvalue weighted by atomic mass is 9.71. The van der Waals surface area contributed by atoms with Crippen LogP contribution in [0.4, 0.5) is 5.69 Å². The zero-order valence-corrected chi connectivity index (χ0v) is 14.8. The van der Waals surface area contributed by atoms with Gasteiger partial charge in [-0.15, -0.1) is 0 Å². The minimum absolute atomic E-state index is 0.204. The molecule has 1 aliphatic rings. The highest BCUT2D eigenvalue weighted by atomic mass is 16.5. The van der Waals surface area contributed by atoms with Crippen LogP contribution in [-0.2, 0) is 9.53 Å². The summed E-state index contributed by atoms with van der Waals surface area (Å²) in [6.45, 7) is 6.87. The number of nitrogens with zero attached hydrogens (tertiary/aromatic N) is 1. The summed E-state index contributed by atoms with van der Waals surface area (Å²) in [6, 6.07) is 18.2. The molecule has 1 saturated heterocycles. The number of aliphatic carboxylic acids is 1. The van der Waals surface area contributed by atoms with E-state index in [0.717, 1.165) is 43.1 Å². The number of hydrogen-bond acceptors (Lipinski definition) is 3. The lowest BCUT2D eigenvalue weighted by molar-refractivity contribution is -0.147. The third kappa shape index (κ3) is 3.69. The third-order valence-corrected chi connectivity index (χ3v) is 5.01. The van der Waals surface area contributed by atoms with Crippen LogP contribution < -0.4 is 4.90 Å². The molecular weight excluding hydrogens is 314 g/mol. The number of benzene rings is 2. The maximum absolute atomic E-state index is 11.9. The van der Waals surface area contributed by atoms with Gasteiger partial charge in [0.25, 0.3) is 0 Å². The maximum atomic E-state index is 11.9. The van der Waals surface area contributed by atoms with Crippen LogP contribution in [0.2, 0.25) is 0 Å². The van der Waals surface area contributed by atoms with Crippen molar-refractivity contribution in [2.45, 2.75) is 19.8 Å². The standard InChI is InChI=1S/C21H25NO3/c1-21(2,20(23)24)19(16-6-4-3-5-7-16)17-8-10-18(11-9-17)22-12-14-25-15-13-22/h3-11,19H,12-15H2,1-2H3,(H,23,24)/t19-/m1/s1. The number of morpholine rings is 1. The van der Waals surface area contributed by atoms with Crippen molar-refractivity contribution in [3.05, 3.63) is 65.7 Å². The molecule has 1 fully saturated rings. The molecule has 1 atom stereocenters. The summed E-state index contributed by atoms with van der Waals surface area (Å²) in [6.07, 6.45) is 0. The molecule has 1 N–H and O–H groups in total. The Balaban J connectivity index is 1.95. The third-order valence-electron chi connectivity index (χ3n) is 5.01. The van der Waals surface area contributed by atoms with Crippen molar-refractivity contribution in [1.29, 1.82) is 0 Å². The molecule has 0 radical (unpaired) electrons. The van der Waals surface area contributed by atoms with Crippen molar-refractivity contribution in [2.24, 2.45) is 5.41 Å². The van der Waals surface area contributed by atoms with Gasteiger partial charge in [0.15, 0.2) is 0 Å². The van der Waals surface area contributed by atoms with E-state index in [2.05, 4.69) is 29.2 Å². The molecule has 4 heteroatoms. The summed E-state index contributed by atoms with van der Waals surface area (Å²) in [5.41, 5.74) is 2.30. The van der Waals surface area contributed by atoms with Gasteiger partial charge in [-0.25, -0.2) is 0 Å². The number of ether oxygens (including phenoxy) is 1. The summed E-state index contributed by atoms with van der Waals surface area (Å²) in [7, 11) is 0. The number of carbonyl (C=O) groups is 1. The molecule has 3 rings (SSSR count). The first-order valence-corrected chi connectivity index (χ1v) is 8.71. The van der Waals surface area contributed by atoms with Crippen LogP contribution >= 0.6 is 0 Å². The van der Waals surface area contributed by atoms with Gasteiger partial charge in [0.05, 0.1) is 18.6 Å². The second-order valence-electron chi connectivity index (χ2n) is 7.06. The first-order valence-electron chi connectivity index (χ1n) is 8.71. The Morgan fingerprint density at radius 1 is 1.00 bits per heavy atom. The van der Waals surface area contributed by atoms with Gasteiger partial charge in [-0.2, -0.15) is 0 Å². The minimum atomic E-state index is -0.901. The van der Waals surface area contributed by atoms with E-state index < -0.39 is 11.4 Å². The van der Waals surface area contributed by atoms with Crippen molar-refractivity contribution in [2.75, 3.05) is 31.2 Å². The average Bonchev–Trinajstić information content (AvgIpc) is 2.64. The predicted octanol–water partition coefficient (Wildman–Crippen LogP) is 3.77. The average molecular weight is 339 g/mol. The van der Waals surface area contributed by atoms with E-state index in [1.54, 1.807) is 13.8 Å². The van der Waals surface area contributed by atoms with Gasteiger partial charge in [-0.1, -0.05) is 42.5 Å². The Labute approximate surface area is 149 Å². The maximum Gasteiger partial charge on any atom is 0.310 e. The molecule has 2 aromatic rings. The fourth-order valence-corrected chi connectivity index (χ4v) is 3.49. The van der Waals surface area contributed by atoms with Gasteiger partial charge in [-0.05, 0) is 37.1 Å². The SMILES string of the molecule is CC(C)(C(=O)O)[C@H](c1ccccc1)c1ccc(N2CCOCC2)cc1. The van der Waals surface area contributed by atoms with Crippen LogP contribution in [0.15, 0.2) is 54.6 Å². The Kier molecular flexibility index (Phi) is 5.09. The highest BCUT2D eigenvalue weighted by molar-refractivity contribution is 5.76. The molecular formula is C21H25NO3. The second kappa shape index (κ2) is 7.28. The molecule has 0 aromatic heterocycles. The Bertz CT molecular complexity index is 704. The first-order chi connectivity index (χ1) is 12.0. The summed E-state index contributed by atoms with van der Waals surface area (Å²) < 4.78 is 5.41. The Morgan fingerprint density at radius 3 is 2.12 bits per heavy atom. The fourth-order valence-electron chi connectivity index (χ4n) is 3.49. The Morgan fingerprint density at radius 2 is 1.56 bits per heavy atom. The monoisotopic (exact) mass is 339 g/mol. The van der Waals surface area contributed by atoms with Gasteiger partial charge in [0.1, 0.15) is 0 Å². The molecule has 2 aromatic carbocycles. The van der Waals surface area contributed by atoms with Crippen molar-refractivity contribution in [3.8, 4) is 0 Å². The van der Waals surface area contributed by atoms with Gasteiger partial charge in [0.2, 0.25) is 0 Å². The van der Waals surface area contributed by atoms with E-state index in [-0.39, 0.29) is 5.92 Å². The number of carboxylic acid groups (broad SMARTS) is 1. The van der Waals surface area contributed by atoms with Gasteiger partial charge >= 0.3 is 5.97 Å². The smallest absolute Gasteiger partial charge is 0.310 e. The van der Waals surface area contributed by atoms with Crippen molar-refractivity contribution >= 4 is 11.7 Å².